The largest absolute Gasteiger partial charge is 0.0683 e. The maximum atomic E-state index is 2.31. The summed E-state index contributed by atoms with van der Waals surface area (Å²) < 4.78 is 0. The van der Waals surface area contributed by atoms with Crippen LogP contribution in [-0.4, -0.2) is 0 Å². The normalized spacial score (nSPS) is 11.3. The van der Waals surface area contributed by atoms with Gasteiger partial charge >= 0.3 is 0 Å². The van der Waals surface area contributed by atoms with Gasteiger partial charge in [0.25, 0.3) is 0 Å². The third-order valence-corrected chi connectivity index (χ3v) is 15.3. The van der Waals surface area contributed by atoms with Crippen molar-refractivity contribution in [3.8, 4) is 0 Å². The Morgan fingerprint density at radius 2 is 0.443 bits per heavy atom. The molecule has 0 aliphatic carbocycles. The van der Waals surface area contributed by atoms with Crippen molar-refractivity contribution in [1.82, 2.24) is 0 Å². The molecule has 0 saturated heterocycles. The van der Waals surface area contributed by atoms with Crippen molar-refractivity contribution in [2.45, 2.75) is 260 Å². The van der Waals surface area contributed by atoms with E-state index in [9.17, 15) is 0 Å². The second-order valence-electron chi connectivity index (χ2n) is 35.7. The molecule has 0 aliphatic heterocycles. The van der Waals surface area contributed by atoms with Gasteiger partial charge in [0, 0.05) is 0 Å². The Labute approximate surface area is 600 Å². The van der Waals surface area contributed by atoms with Gasteiger partial charge in [-0.15, -0.1) is 0 Å². The van der Waals surface area contributed by atoms with Crippen LogP contribution in [0.4, 0.5) is 0 Å². The molecule has 0 N–H and O–H groups in total. The monoisotopic (exact) mass is 1310 g/mol. The van der Waals surface area contributed by atoms with E-state index in [0.29, 0.717) is 37.9 Å². The van der Waals surface area contributed by atoms with Crippen LogP contribution in [0.15, 0.2) is 212 Å². The minimum absolute atomic E-state index is 0.364. The third-order valence-electron chi connectivity index (χ3n) is 15.3. The SMILES string of the molecule is CC.CC(C)(C)Cc1ccc2ccccc2c1.CC(C)(C)Cc1ccccc1.CC(C)(C)Cc1ccccc1.Cc1ccc(C)c(CC(C)(C)C)c1.Cc1ccc(CC(C)(C)C)cc1.Cc1ccc(CC(C)(C)C)cc1C.Cc1ccc(CC(C)(C)C)cc1C.Cc1ccccc1. The van der Waals surface area contributed by atoms with E-state index in [4.69, 9.17) is 0 Å². The van der Waals surface area contributed by atoms with Gasteiger partial charge in [0.1, 0.15) is 0 Å². The van der Waals surface area contributed by atoms with Gasteiger partial charge in [0.05, 0.1) is 0 Å². The fourth-order valence-corrected chi connectivity index (χ4v) is 10.8. The Morgan fingerprint density at radius 3 is 0.773 bits per heavy atom. The molecule has 97 heavy (non-hydrogen) atoms. The van der Waals surface area contributed by atoms with E-state index in [0.717, 1.165) is 38.5 Å². The van der Waals surface area contributed by atoms with Crippen molar-refractivity contribution in [1.29, 1.82) is 0 Å². The molecule has 0 aromatic heterocycles. The predicted octanol–water partition coefficient (Wildman–Crippen LogP) is 29.3. The molecule has 0 spiro atoms. The second-order valence-corrected chi connectivity index (χ2v) is 35.7. The van der Waals surface area contributed by atoms with E-state index in [1.165, 1.54) is 101 Å². The van der Waals surface area contributed by atoms with Gasteiger partial charge in [-0.3, -0.25) is 0 Å². The van der Waals surface area contributed by atoms with Gasteiger partial charge < -0.3 is 0 Å². The molecule has 0 unspecified atom stereocenters. The quantitative estimate of drug-likeness (QED) is 0.149. The molecule has 0 radical (unpaired) electrons. The van der Waals surface area contributed by atoms with Crippen LogP contribution in [0.1, 0.15) is 243 Å². The predicted molar refractivity (Wildman–Crippen MR) is 440 cm³/mol. The third kappa shape index (κ3) is 46.2. The van der Waals surface area contributed by atoms with Crippen molar-refractivity contribution in [3.63, 3.8) is 0 Å². The summed E-state index contributed by atoms with van der Waals surface area (Å²) >= 11 is 0. The average Bonchev–Trinajstić information content (AvgIpc) is 0.879. The molecule has 0 atom stereocenters. The summed E-state index contributed by atoms with van der Waals surface area (Å²) in [7, 11) is 0. The molecule has 0 amide bonds. The van der Waals surface area contributed by atoms with Gasteiger partial charge in [-0.2, -0.15) is 0 Å². The topological polar surface area (TPSA) is 0 Å². The van der Waals surface area contributed by atoms with E-state index in [-0.39, 0.29) is 0 Å². The Balaban J connectivity index is 0.000000555. The fraction of sp³-hybridized carbons (Fsp3) is 0.464. The van der Waals surface area contributed by atoms with Crippen molar-refractivity contribution in [3.05, 3.63) is 296 Å². The zero-order valence-electron chi connectivity index (χ0n) is 68.2. The number of hydrogen-bond donors (Lipinski definition) is 0. The molecule has 0 nitrogen and oxygen atoms in total. The van der Waals surface area contributed by atoms with Crippen molar-refractivity contribution in [2.75, 3.05) is 0 Å². The van der Waals surface area contributed by atoms with Gasteiger partial charge in [0.2, 0.25) is 0 Å². The van der Waals surface area contributed by atoms with E-state index in [2.05, 4.69) is 395 Å². The highest BCUT2D eigenvalue weighted by molar-refractivity contribution is 5.83. The summed E-state index contributed by atoms with van der Waals surface area (Å²) in [6, 6.07) is 75.9. The van der Waals surface area contributed by atoms with Gasteiger partial charge in [-0.05, 0) is 216 Å². The number of aryl methyl sites for hydroxylation is 8. The second kappa shape index (κ2) is 42.3. The van der Waals surface area contributed by atoms with Crippen LogP contribution in [0.5, 0.6) is 0 Å². The molecule has 0 heteroatoms. The van der Waals surface area contributed by atoms with Crippen LogP contribution in [0.3, 0.4) is 0 Å². The van der Waals surface area contributed by atoms with E-state index >= 15 is 0 Å². The Kier molecular flexibility index (Phi) is 38.4. The number of hydrogen-bond acceptors (Lipinski definition) is 0. The van der Waals surface area contributed by atoms with Crippen LogP contribution in [0.2, 0.25) is 0 Å². The van der Waals surface area contributed by atoms with Crippen LogP contribution in [0.25, 0.3) is 10.8 Å². The Hall–Kier alpha value is -6.76. The highest BCUT2D eigenvalue weighted by Crippen LogP contribution is 2.28. The highest BCUT2D eigenvalue weighted by Gasteiger charge is 2.16. The smallest absolute Gasteiger partial charge is 0.0181 e. The first-order valence-corrected chi connectivity index (χ1v) is 36.5. The van der Waals surface area contributed by atoms with E-state index in [1.807, 2.05) is 32.0 Å². The molecule has 0 saturated carbocycles. The summed E-state index contributed by atoms with van der Waals surface area (Å²) in [6.45, 7) is 69.0. The van der Waals surface area contributed by atoms with Crippen LogP contribution < -0.4 is 0 Å². The minimum Gasteiger partial charge on any atom is -0.0683 e. The van der Waals surface area contributed by atoms with Crippen LogP contribution in [0, 0.1) is 93.3 Å². The lowest BCUT2D eigenvalue weighted by Crippen LogP contribution is -2.10. The first-order valence-electron chi connectivity index (χ1n) is 36.5. The summed E-state index contributed by atoms with van der Waals surface area (Å²) in [6.07, 6.45) is 8.11. The molecule has 0 fully saturated rings. The minimum atomic E-state index is 0.364. The molecule has 0 bridgehead atoms. The van der Waals surface area contributed by atoms with E-state index in [1.54, 1.807) is 0 Å². The zero-order chi connectivity index (χ0) is 74.0. The van der Waals surface area contributed by atoms with E-state index < -0.39 is 0 Å². The lowest BCUT2D eigenvalue weighted by Gasteiger charge is -2.19. The molecular weight excluding hydrogens is 1170 g/mol. The van der Waals surface area contributed by atoms with Gasteiger partial charge in [-0.25, -0.2) is 0 Å². The first kappa shape index (κ1) is 88.3. The zero-order valence-corrected chi connectivity index (χ0v) is 68.2. The van der Waals surface area contributed by atoms with Crippen molar-refractivity contribution in [2.24, 2.45) is 37.9 Å². The number of benzene rings is 9. The Bertz CT molecular complexity index is 3410. The molecule has 0 heterocycles. The molecule has 9 aromatic rings. The maximum Gasteiger partial charge on any atom is -0.0181 e. The van der Waals surface area contributed by atoms with Crippen molar-refractivity contribution >= 4 is 10.8 Å². The molecule has 9 aromatic carbocycles. The highest BCUT2D eigenvalue weighted by atomic mass is 14.2. The maximum absolute atomic E-state index is 2.31. The molecule has 9 rings (SSSR count). The van der Waals surface area contributed by atoms with Gasteiger partial charge in [0.15, 0.2) is 0 Å². The summed E-state index contributed by atoms with van der Waals surface area (Å²) in [4.78, 5) is 0. The number of rotatable bonds is 7. The number of fused-ring (bicyclic) bond motifs is 1. The van der Waals surface area contributed by atoms with Crippen LogP contribution >= 0.6 is 0 Å². The van der Waals surface area contributed by atoms with Crippen molar-refractivity contribution < 1.29 is 0 Å². The molecule has 530 valence electrons. The first-order chi connectivity index (χ1) is 44.7. The summed E-state index contributed by atoms with van der Waals surface area (Å²) in [5, 5.41) is 2.68. The summed E-state index contributed by atoms with van der Waals surface area (Å²) in [5.41, 5.74) is 23.9. The lowest BCUT2D eigenvalue weighted by atomic mass is 9.86. The van der Waals surface area contributed by atoms with Crippen LogP contribution in [-0.2, 0) is 44.9 Å². The molecule has 0 aliphatic rings. The average molecular weight is 1310 g/mol. The fourth-order valence-electron chi connectivity index (χ4n) is 10.8. The molecular formula is C97H142. The van der Waals surface area contributed by atoms with Gasteiger partial charge in [-0.1, -0.05) is 388 Å². The Morgan fingerprint density at radius 1 is 0.186 bits per heavy atom. The standard InChI is InChI=1S/C15H18.3C13H20.C12H18.2C11H16.C7H8.C2H6/c1-15(2,3)11-12-8-9-13-6-4-5-7-14(13)10-12;2*1-10-6-7-12(8-11(10)2)9-13(3,4)5;1-10-6-7-11(2)12(8-10)9-13(3,4)5;1-10-5-7-11(8-6-10)9-12(2,3)4;2*1-11(2,3)9-10-7-5-4-6-8-10;1-7-5-3-2-4-6-7;1-2/h4-10H,11H2,1-3H3;3*6-8H,9H2,1-5H3;5-8H,9H2,1-4H3;2*4-8H,9H2,1-3H3;2-6H,1H3;1-2H3. The lowest BCUT2D eigenvalue weighted by molar-refractivity contribution is 0.410. The summed E-state index contributed by atoms with van der Waals surface area (Å²) in [5.74, 6) is 0.